The Morgan fingerprint density at radius 3 is 2.36 bits per heavy atom. The van der Waals surface area contributed by atoms with Gasteiger partial charge in [-0.2, -0.15) is 0 Å². The molecule has 0 unspecified atom stereocenters. The molecule has 2 aromatic rings. The molecule has 146 valence electrons. The second kappa shape index (κ2) is 8.51. The van der Waals surface area contributed by atoms with Gasteiger partial charge in [-0.1, -0.05) is 12.1 Å². The van der Waals surface area contributed by atoms with Crippen LogP contribution in [-0.2, 0) is 16.1 Å². The van der Waals surface area contributed by atoms with Gasteiger partial charge in [0.25, 0.3) is 11.8 Å². The van der Waals surface area contributed by atoms with Gasteiger partial charge in [-0.25, -0.2) is 0 Å². The summed E-state index contributed by atoms with van der Waals surface area (Å²) >= 11 is 0. The van der Waals surface area contributed by atoms with Crippen LogP contribution in [0.2, 0.25) is 0 Å². The molecule has 4 amide bonds. The molecule has 0 saturated carbocycles. The molecular weight excluding hydrogens is 362 g/mol. The molecule has 1 aliphatic rings. The second-order valence-electron chi connectivity index (χ2n) is 6.52. The normalized spacial score (nSPS) is 12.8. The Bertz CT molecular complexity index is 856. The lowest BCUT2D eigenvalue weighted by atomic mass is 10.1. The first-order valence-corrected chi connectivity index (χ1v) is 8.95. The molecule has 0 aliphatic carbocycles. The minimum absolute atomic E-state index is 0.0768. The number of likely N-dealkylation sites (N-methyl/N-ethyl adjacent to an activating group) is 1. The number of nitrogens with one attached hydrogen (secondary N) is 1. The van der Waals surface area contributed by atoms with Crippen molar-refractivity contribution in [3.05, 3.63) is 59.5 Å². The van der Waals surface area contributed by atoms with E-state index in [-0.39, 0.29) is 49.7 Å². The average Bonchev–Trinajstić information content (AvgIpc) is 3.29. The number of furan rings is 1. The van der Waals surface area contributed by atoms with E-state index in [4.69, 9.17) is 4.42 Å². The molecular formula is C20H21N3O5. The first-order valence-electron chi connectivity index (χ1n) is 8.95. The Hall–Kier alpha value is -3.42. The molecule has 0 atom stereocenters. The van der Waals surface area contributed by atoms with Crippen LogP contribution in [-0.4, -0.2) is 53.6 Å². The fourth-order valence-electron chi connectivity index (χ4n) is 2.98. The zero-order valence-corrected chi connectivity index (χ0v) is 15.5. The number of benzene rings is 1. The van der Waals surface area contributed by atoms with Crippen molar-refractivity contribution >= 4 is 23.6 Å². The number of carbonyl (C=O) groups is 4. The van der Waals surface area contributed by atoms with Gasteiger partial charge in [0.15, 0.2) is 0 Å². The van der Waals surface area contributed by atoms with E-state index in [0.29, 0.717) is 23.3 Å². The molecule has 1 N–H and O–H groups in total. The summed E-state index contributed by atoms with van der Waals surface area (Å²) in [5.74, 6) is -0.571. The lowest BCUT2D eigenvalue weighted by Crippen LogP contribution is -2.38. The number of imide groups is 1. The molecule has 8 heteroatoms. The van der Waals surface area contributed by atoms with Crippen molar-refractivity contribution in [1.82, 2.24) is 15.1 Å². The third-order valence-electron chi connectivity index (χ3n) is 4.50. The fraction of sp³-hybridized carbons (Fsp3) is 0.300. The van der Waals surface area contributed by atoms with Crippen LogP contribution in [0.4, 0.5) is 0 Å². The maximum Gasteiger partial charge on any atom is 0.261 e. The van der Waals surface area contributed by atoms with Crippen molar-refractivity contribution in [1.29, 1.82) is 0 Å². The number of fused-ring (bicyclic) bond motifs is 1. The van der Waals surface area contributed by atoms with E-state index in [1.54, 1.807) is 36.4 Å². The van der Waals surface area contributed by atoms with Crippen molar-refractivity contribution in [3.8, 4) is 0 Å². The second-order valence-corrected chi connectivity index (χ2v) is 6.52. The molecule has 0 bridgehead atoms. The van der Waals surface area contributed by atoms with Crippen LogP contribution in [0.5, 0.6) is 0 Å². The molecule has 0 saturated heterocycles. The van der Waals surface area contributed by atoms with Gasteiger partial charge in [-0.3, -0.25) is 24.1 Å². The molecule has 1 aromatic carbocycles. The maximum absolute atomic E-state index is 12.3. The van der Waals surface area contributed by atoms with Crippen LogP contribution >= 0.6 is 0 Å². The van der Waals surface area contributed by atoms with Gasteiger partial charge >= 0.3 is 0 Å². The minimum atomic E-state index is -0.335. The SMILES string of the molecule is CN(CC(=O)NCc1ccco1)C(=O)CCCN1C(=O)c2ccccc2C1=O. The molecule has 0 radical (unpaired) electrons. The summed E-state index contributed by atoms with van der Waals surface area (Å²) < 4.78 is 5.12. The number of hydrogen-bond acceptors (Lipinski definition) is 5. The topological polar surface area (TPSA) is 99.9 Å². The predicted molar refractivity (Wildman–Crippen MR) is 99.2 cm³/mol. The monoisotopic (exact) mass is 383 g/mol. The van der Waals surface area contributed by atoms with Crippen molar-refractivity contribution < 1.29 is 23.6 Å². The summed E-state index contributed by atoms with van der Waals surface area (Å²) in [6.07, 6.45) is 1.99. The summed E-state index contributed by atoms with van der Waals surface area (Å²) in [6, 6.07) is 10.1. The van der Waals surface area contributed by atoms with Gasteiger partial charge in [-0.15, -0.1) is 0 Å². The molecule has 1 aromatic heterocycles. The Labute approximate surface area is 162 Å². The number of amides is 4. The summed E-state index contributed by atoms with van der Waals surface area (Å²) in [7, 11) is 1.54. The molecule has 3 rings (SSSR count). The highest BCUT2D eigenvalue weighted by molar-refractivity contribution is 6.21. The van der Waals surface area contributed by atoms with Crippen LogP contribution in [0.25, 0.3) is 0 Å². The number of nitrogens with zero attached hydrogens (tertiary/aromatic N) is 2. The van der Waals surface area contributed by atoms with E-state index < -0.39 is 0 Å². The van der Waals surface area contributed by atoms with Crippen molar-refractivity contribution in [2.45, 2.75) is 19.4 Å². The van der Waals surface area contributed by atoms with Gasteiger partial charge in [0.05, 0.1) is 30.5 Å². The quantitative estimate of drug-likeness (QED) is 0.695. The molecule has 0 spiro atoms. The maximum atomic E-state index is 12.3. The Morgan fingerprint density at radius 2 is 1.75 bits per heavy atom. The predicted octanol–water partition coefficient (Wildman–Crippen LogP) is 1.43. The van der Waals surface area contributed by atoms with Gasteiger partial charge in [0, 0.05) is 20.0 Å². The highest BCUT2D eigenvalue weighted by Crippen LogP contribution is 2.22. The van der Waals surface area contributed by atoms with Gasteiger partial charge < -0.3 is 14.6 Å². The summed E-state index contributed by atoms with van der Waals surface area (Å²) in [5.41, 5.74) is 0.786. The van der Waals surface area contributed by atoms with E-state index in [0.717, 1.165) is 4.90 Å². The third-order valence-corrected chi connectivity index (χ3v) is 4.50. The number of hydrogen-bond donors (Lipinski definition) is 1. The molecule has 1 aliphatic heterocycles. The summed E-state index contributed by atoms with van der Waals surface area (Å²) in [4.78, 5) is 51.2. The van der Waals surface area contributed by atoms with Gasteiger partial charge in [0.2, 0.25) is 11.8 Å². The van der Waals surface area contributed by atoms with Crippen LogP contribution in [0.15, 0.2) is 47.1 Å². The van der Waals surface area contributed by atoms with E-state index in [1.807, 2.05) is 0 Å². The van der Waals surface area contributed by atoms with Crippen LogP contribution in [0, 0.1) is 0 Å². The zero-order chi connectivity index (χ0) is 20.1. The van der Waals surface area contributed by atoms with Crippen molar-refractivity contribution in [2.75, 3.05) is 20.1 Å². The highest BCUT2D eigenvalue weighted by atomic mass is 16.3. The molecule has 28 heavy (non-hydrogen) atoms. The number of carbonyl (C=O) groups excluding carboxylic acids is 4. The van der Waals surface area contributed by atoms with E-state index in [9.17, 15) is 19.2 Å². The lowest BCUT2D eigenvalue weighted by Gasteiger charge is -2.18. The average molecular weight is 383 g/mol. The van der Waals surface area contributed by atoms with E-state index in [1.165, 1.54) is 18.2 Å². The molecule has 2 heterocycles. The van der Waals surface area contributed by atoms with E-state index in [2.05, 4.69) is 5.32 Å². The molecule has 8 nitrogen and oxygen atoms in total. The smallest absolute Gasteiger partial charge is 0.261 e. The van der Waals surface area contributed by atoms with Crippen LogP contribution in [0.3, 0.4) is 0 Å². The van der Waals surface area contributed by atoms with Crippen LogP contribution < -0.4 is 5.32 Å². The molecule has 0 fully saturated rings. The third kappa shape index (κ3) is 4.28. The lowest BCUT2D eigenvalue weighted by molar-refractivity contribution is -0.134. The van der Waals surface area contributed by atoms with Crippen LogP contribution in [0.1, 0.15) is 39.3 Å². The minimum Gasteiger partial charge on any atom is -0.467 e. The Kier molecular flexibility index (Phi) is 5.88. The van der Waals surface area contributed by atoms with E-state index >= 15 is 0 Å². The number of rotatable bonds is 8. The zero-order valence-electron chi connectivity index (χ0n) is 15.5. The van der Waals surface area contributed by atoms with Gasteiger partial charge in [-0.05, 0) is 30.7 Å². The first-order chi connectivity index (χ1) is 13.5. The highest BCUT2D eigenvalue weighted by Gasteiger charge is 2.34. The standard InChI is InChI=1S/C20H21N3O5/c1-22(13-17(24)21-12-14-6-5-11-28-14)18(25)9-4-10-23-19(26)15-7-2-3-8-16(15)20(23)27/h2-3,5-8,11H,4,9-10,12-13H2,1H3,(H,21,24). The van der Waals surface area contributed by atoms with Crippen molar-refractivity contribution in [3.63, 3.8) is 0 Å². The summed E-state index contributed by atoms with van der Waals surface area (Å²) in [5, 5.41) is 2.67. The Balaban J connectivity index is 1.41. The summed E-state index contributed by atoms with van der Waals surface area (Å²) in [6.45, 7) is 0.344. The Morgan fingerprint density at radius 1 is 1.07 bits per heavy atom. The van der Waals surface area contributed by atoms with Gasteiger partial charge in [0.1, 0.15) is 5.76 Å². The fourth-order valence-corrected chi connectivity index (χ4v) is 2.98. The largest absolute Gasteiger partial charge is 0.467 e. The first kappa shape index (κ1) is 19.3. The van der Waals surface area contributed by atoms with Crippen molar-refractivity contribution in [2.24, 2.45) is 0 Å².